The molecule has 1 heterocycles. The Bertz CT molecular complexity index is 530. The number of carbonyl (C=O) groups is 1. The molecule has 1 aromatic heterocycles. The van der Waals surface area contributed by atoms with E-state index >= 15 is 0 Å². The normalized spacial score (nSPS) is 10.5. The van der Waals surface area contributed by atoms with Crippen molar-refractivity contribution in [2.24, 2.45) is 5.73 Å². The smallest absolute Gasteiger partial charge is 0.239 e. The quantitative estimate of drug-likeness (QED) is 0.778. The Morgan fingerprint density at radius 3 is 2.50 bits per heavy atom. The van der Waals surface area contributed by atoms with Gasteiger partial charge in [0.2, 0.25) is 5.91 Å². The first-order valence-electron chi connectivity index (χ1n) is 6.38. The molecule has 20 heavy (non-hydrogen) atoms. The summed E-state index contributed by atoms with van der Waals surface area (Å²) < 4.78 is 0. The van der Waals surface area contributed by atoms with Crippen LogP contribution in [0.5, 0.6) is 0 Å². The molecule has 110 valence electrons. The first-order valence-corrected chi connectivity index (χ1v) is 6.79. The van der Waals surface area contributed by atoms with E-state index in [9.17, 15) is 4.79 Å². The summed E-state index contributed by atoms with van der Waals surface area (Å²) in [5.41, 5.74) is 8.11. The van der Waals surface area contributed by atoms with E-state index in [4.69, 9.17) is 18.0 Å². The van der Waals surface area contributed by atoms with Gasteiger partial charge in [0.1, 0.15) is 4.99 Å². The van der Waals surface area contributed by atoms with Gasteiger partial charge in [0.25, 0.3) is 0 Å². The van der Waals surface area contributed by atoms with E-state index in [-0.39, 0.29) is 23.5 Å². The van der Waals surface area contributed by atoms with Gasteiger partial charge in [-0.15, -0.1) is 5.10 Å². The highest BCUT2D eigenvalue weighted by atomic mass is 32.1. The average Bonchev–Trinajstić information content (AvgIpc) is 2.30. The monoisotopic (exact) mass is 295 g/mol. The SMILES string of the molecule is Cc1nnc(N(C)CC(=O)NC(C)C)c(C(N)=S)c1C. The van der Waals surface area contributed by atoms with Gasteiger partial charge in [0, 0.05) is 13.1 Å². The summed E-state index contributed by atoms with van der Waals surface area (Å²) in [5.74, 6) is 0.441. The van der Waals surface area contributed by atoms with Crippen LogP contribution in [0, 0.1) is 13.8 Å². The van der Waals surface area contributed by atoms with E-state index in [2.05, 4.69) is 15.5 Å². The molecule has 1 amide bonds. The molecule has 0 atom stereocenters. The van der Waals surface area contributed by atoms with E-state index in [1.54, 1.807) is 11.9 Å². The number of nitrogens with one attached hydrogen (secondary N) is 1. The fourth-order valence-electron chi connectivity index (χ4n) is 1.82. The van der Waals surface area contributed by atoms with Crippen molar-refractivity contribution in [1.82, 2.24) is 15.5 Å². The number of nitrogens with two attached hydrogens (primary N) is 1. The van der Waals surface area contributed by atoms with Crippen LogP contribution in [-0.4, -0.2) is 40.7 Å². The summed E-state index contributed by atoms with van der Waals surface area (Å²) >= 11 is 5.08. The van der Waals surface area contributed by atoms with Gasteiger partial charge in [-0.25, -0.2) is 0 Å². The molecule has 0 aliphatic rings. The van der Waals surface area contributed by atoms with Crippen LogP contribution < -0.4 is 16.0 Å². The molecule has 0 unspecified atom stereocenters. The number of nitrogens with zero attached hydrogens (tertiary/aromatic N) is 3. The molecule has 0 saturated heterocycles. The molecular weight excluding hydrogens is 274 g/mol. The Morgan fingerprint density at radius 1 is 1.40 bits per heavy atom. The van der Waals surface area contributed by atoms with E-state index in [1.807, 2.05) is 27.7 Å². The Kier molecular flexibility index (Phi) is 5.38. The van der Waals surface area contributed by atoms with E-state index < -0.39 is 0 Å². The second kappa shape index (κ2) is 6.60. The zero-order valence-corrected chi connectivity index (χ0v) is 13.3. The second-order valence-corrected chi connectivity index (χ2v) is 5.49. The van der Waals surface area contributed by atoms with Crippen LogP contribution in [0.15, 0.2) is 0 Å². The van der Waals surface area contributed by atoms with Crippen molar-refractivity contribution in [3.05, 3.63) is 16.8 Å². The molecule has 3 N–H and O–H groups in total. The van der Waals surface area contributed by atoms with Gasteiger partial charge >= 0.3 is 0 Å². The average molecular weight is 295 g/mol. The van der Waals surface area contributed by atoms with E-state index in [0.717, 1.165) is 11.3 Å². The van der Waals surface area contributed by atoms with Crippen LogP contribution in [-0.2, 0) is 4.79 Å². The van der Waals surface area contributed by atoms with Crippen molar-refractivity contribution in [3.8, 4) is 0 Å². The predicted molar refractivity (Wildman–Crippen MR) is 83.9 cm³/mol. The largest absolute Gasteiger partial charge is 0.389 e. The van der Waals surface area contributed by atoms with E-state index in [0.29, 0.717) is 11.4 Å². The third-order valence-corrected chi connectivity index (χ3v) is 3.08. The summed E-state index contributed by atoms with van der Waals surface area (Å²) in [7, 11) is 1.76. The number of anilines is 1. The Morgan fingerprint density at radius 2 is 2.00 bits per heavy atom. The molecule has 7 heteroatoms. The van der Waals surface area contributed by atoms with Crippen molar-refractivity contribution in [2.45, 2.75) is 33.7 Å². The molecule has 0 aromatic carbocycles. The fourth-order valence-corrected chi connectivity index (χ4v) is 2.06. The van der Waals surface area contributed by atoms with Crippen LogP contribution in [0.4, 0.5) is 5.82 Å². The van der Waals surface area contributed by atoms with Gasteiger partial charge in [-0.1, -0.05) is 12.2 Å². The molecule has 0 spiro atoms. The van der Waals surface area contributed by atoms with Gasteiger partial charge in [0.05, 0.1) is 17.8 Å². The molecule has 0 saturated carbocycles. The number of carbonyl (C=O) groups excluding carboxylic acids is 1. The van der Waals surface area contributed by atoms with Gasteiger partial charge in [-0.3, -0.25) is 4.79 Å². The lowest BCUT2D eigenvalue weighted by Gasteiger charge is -2.22. The number of thiocarbonyl (C=S) groups is 1. The molecule has 0 bridgehead atoms. The number of aryl methyl sites for hydroxylation is 1. The van der Waals surface area contributed by atoms with Gasteiger partial charge < -0.3 is 16.0 Å². The predicted octanol–water partition coefficient (Wildman–Crippen LogP) is 0.688. The standard InChI is InChI=1S/C13H21N5OS/c1-7(2)15-10(19)6-18(5)13-11(12(14)20)8(3)9(4)16-17-13/h7H,6H2,1-5H3,(H2,14,20)(H,15,19). The van der Waals surface area contributed by atoms with Crippen molar-refractivity contribution >= 4 is 28.9 Å². The molecular formula is C13H21N5OS. The van der Waals surface area contributed by atoms with Crippen molar-refractivity contribution in [1.29, 1.82) is 0 Å². The maximum absolute atomic E-state index is 11.8. The highest BCUT2D eigenvalue weighted by Gasteiger charge is 2.18. The zero-order chi connectivity index (χ0) is 15.4. The first kappa shape index (κ1) is 16.3. The fraction of sp³-hybridized carbons (Fsp3) is 0.538. The number of likely N-dealkylation sites (N-methyl/N-ethyl adjacent to an activating group) is 1. The second-order valence-electron chi connectivity index (χ2n) is 5.05. The molecule has 0 fully saturated rings. The minimum absolute atomic E-state index is 0.0867. The summed E-state index contributed by atoms with van der Waals surface area (Å²) in [5, 5.41) is 11.0. The lowest BCUT2D eigenvalue weighted by atomic mass is 10.1. The lowest BCUT2D eigenvalue weighted by Crippen LogP contribution is -2.39. The Labute approximate surface area is 124 Å². The maximum Gasteiger partial charge on any atom is 0.239 e. The third-order valence-electron chi connectivity index (χ3n) is 2.87. The van der Waals surface area contributed by atoms with Crippen LogP contribution in [0.25, 0.3) is 0 Å². The van der Waals surface area contributed by atoms with E-state index in [1.165, 1.54) is 0 Å². The molecule has 1 rings (SSSR count). The summed E-state index contributed by atoms with van der Waals surface area (Å²) in [6.45, 7) is 7.73. The number of amides is 1. The zero-order valence-electron chi connectivity index (χ0n) is 12.5. The Hall–Kier alpha value is -1.76. The lowest BCUT2D eigenvalue weighted by molar-refractivity contribution is -0.120. The number of rotatable bonds is 5. The minimum Gasteiger partial charge on any atom is -0.389 e. The van der Waals surface area contributed by atoms with Crippen LogP contribution in [0.3, 0.4) is 0 Å². The van der Waals surface area contributed by atoms with Gasteiger partial charge in [0.15, 0.2) is 5.82 Å². The van der Waals surface area contributed by atoms with Crippen molar-refractivity contribution in [3.63, 3.8) is 0 Å². The summed E-state index contributed by atoms with van der Waals surface area (Å²) in [4.78, 5) is 13.8. The number of hydrogen-bond donors (Lipinski definition) is 2. The highest BCUT2D eigenvalue weighted by molar-refractivity contribution is 7.80. The Balaban J connectivity index is 3.04. The number of hydrogen-bond acceptors (Lipinski definition) is 5. The third kappa shape index (κ3) is 3.86. The maximum atomic E-state index is 11.8. The van der Waals surface area contributed by atoms with Crippen LogP contribution >= 0.6 is 12.2 Å². The molecule has 6 nitrogen and oxygen atoms in total. The van der Waals surface area contributed by atoms with Gasteiger partial charge in [-0.2, -0.15) is 5.10 Å². The summed E-state index contributed by atoms with van der Waals surface area (Å²) in [6.07, 6.45) is 0. The number of aromatic nitrogens is 2. The molecule has 0 aliphatic carbocycles. The molecule has 0 aliphatic heterocycles. The first-order chi connectivity index (χ1) is 9.23. The molecule has 0 radical (unpaired) electrons. The topological polar surface area (TPSA) is 84.1 Å². The van der Waals surface area contributed by atoms with Crippen LogP contribution in [0.1, 0.15) is 30.7 Å². The minimum atomic E-state index is -0.0867. The highest BCUT2D eigenvalue weighted by Crippen LogP contribution is 2.20. The van der Waals surface area contributed by atoms with Crippen molar-refractivity contribution in [2.75, 3.05) is 18.5 Å². The van der Waals surface area contributed by atoms with Crippen LogP contribution in [0.2, 0.25) is 0 Å². The molecule has 1 aromatic rings. The summed E-state index contributed by atoms with van der Waals surface area (Å²) in [6, 6.07) is 0.0943. The van der Waals surface area contributed by atoms with Crippen molar-refractivity contribution < 1.29 is 4.79 Å². The van der Waals surface area contributed by atoms with Gasteiger partial charge in [-0.05, 0) is 33.3 Å².